The van der Waals surface area contributed by atoms with Crippen molar-refractivity contribution in [3.05, 3.63) is 35.4 Å². The van der Waals surface area contributed by atoms with Crippen molar-refractivity contribution < 1.29 is 4.74 Å². The molecule has 3 nitrogen and oxygen atoms in total. The molecule has 0 saturated carbocycles. The quantitative estimate of drug-likeness (QED) is 0.828. The highest BCUT2D eigenvalue weighted by Gasteiger charge is 2.24. The molecule has 23 heavy (non-hydrogen) atoms. The van der Waals surface area contributed by atoms with Crippen LogP contribution in [0.4, 0.5) is 0 Å². The van der Waals surface area contributed by atoms with Crippen LogP contribution in [-0.2, 0) is 11.3 Å². The Morgan fingerprint density at radius 3 is 2.52 bits per heavy atom. The average molecular weight is 319 g/mol. The molecule has 0 spiro atoms. The van der Waals surface area contributed by atoms with Crippen molar-refractivity contribution in [3.63, 3.8) is 0 Å². The van der Waals surface area contributed by atoms with E-state index < -0.39 is 0 Å². The molecule has 0 aliphatic carbocycles. The molecule has 0 aromatic heterocycles. The van der Waals surface area contributed by atoms with Crippen molar-refractivity contribution in [2.75, 3.05) is 20.2 Å². The van der Waals surface area contributed by atoms with Gasteiger partial charge in [0.2, 0.25) is 0 Å². The number of nitrogens with zero attached hydrogens (tertiary/aromatic N) is 1. The van der Waals surface area contributed by atoms with Gasteiger partial charge in [0.15, 0.2) is 0 Å². The van der Waals surface area contributed by atoms with E-state index in [0.29, 0.717) is 12.1 Å². The van der Waals surface area contributed by atoms with Gasteiger partial charge in [0, 0.05) is 25.7 Å². The summed E-state index contributed by atoms with van der Waals surface area (Å²) in [6.45, 7) is 12.3. The number of ether oxygens (including phenoxy) is 1. The Morgan fingerprint density at radius 2 is 1.91 bits per heavy atom. The Bertz CT molecular complexity index is 478. The summed E-state index contributed by atoms with van der Waals surface area (Å²) < 4.78 is 5.54. The van der Waals surface area contributed by atoms with Gasteiger partial charge in [-0.25, -0.2) is 0 Å². The fourth-order valence-corrected chi connectivity index (χ4v) is 3.57. The van der Waals surface area contributed by atoms with Crippen LogP contribution in [0.25, 0.3) is 0 Å². The van der Waals surface area contributed by atoms with Crippen LogP contribution in [0.1, 0.15) is 51.2 Å². The van der Waals surface area contributed by atoms with E-state index in [0.717, 1.165) is 13.0 Å². The summed E-state index contributed by atoms with van der Waals surface area (Å²) >= 11 is 0. The summed E-state index contributed by atoms with van der Waals surface area (Å²) in [7, 11) is 1.80. The first-order valence-electron chi connectivity index (χ1n) is 8.97. The van der Waals surface area contributed by atoms with Gasteiger partial charge in [0.05, 0.1) is 5.60 Å². The number of hydrogen-bond acceptors (Lipinski definition) is 3. The largest absolute Gasteiger partial charge is 0.379 e. The molecule has 1 heterocycles. The van der Waals surface area contributed by atoms with Gasteiger partial charge in [-0.15, -0.1) is 0 Å². The molecule has 1 aromatic carbocycles. The van der Waals surface area contributed by atoms with E-state index in [-0.39, 0.29) is 5.60 Å². The monoisotopic (exact) mass is 318 g/mol. The summed E-state index contributed by atoms with van der Waals surface area (Å²) in [4.78, 5) is 2.59. The van der Waals surface area contributed by atoms with Gasteiger partial charge in [-0.3, -0.25) is 4.90 Å². The molecular formula is C20H34N2O. The third-order valence-electron chi connectivity index (χ3n) is 5.11. The topological polar surface area (TPSA) is 24.5 Å². The third kappa shape index (κ3) is 5.91. The average Bonchev–Trinajstić information content (AvgIpc) is 2.51. The van der Waals surface area contributed by atoms with E-state index in [1.807, 2.05) is 0 Å². The van der Waals surface area contributed by atoms with Crippen molar-refractivity contribution in [2.45, 2.75) is 71.2 Å². The molecule has 1 N–H and O–H groups in total. The molecule has 2 rings (SSSR count). The first-order valence-corrected chi connectivity index (χ1v) is 8.97. The standard InChI is InChI=1S/C20H34N2O/c1-16-8-6-7-9-18(16)15-22-12-10-19(11-13-22)21-17(2)14-20(3,4)23-5/h6-9,17,19,21H,10-15H2,1-5H3/t17-/m1/s1. The van der Waals surface area contributed by atoms with Crippen molar-refractivity contribution in [1.82, 2.24) is 10.2 Å². The van der Waals surface area contributed by atoms with E-state index in [1.54, 1.807) is 7.11 Å². The normalized spacial score (nSPS) is 19.0. The lowest BCUT2D eigenvalue weighted by Crippen LogP contribution is -2.47. The second-order valence-electron chi connectivity index (χ2n) is 7.71. The van der Waals surface area contributed by atoms with E-state index in [4.69, 9.17) is 4.74 Å². The minimum absolute atomic E-state index is 0.0437. The Balaban J connectivity index is 1.75. The first-order chi connectivity index (χ1) is 10.9. The van der Waals surface area contributed by atoms with Crippen LogP contribution < -0.4 is 5.32 Å². The van der Waals surface area contributed by atoms with Crippen LogP contribution in [0.15, 0.2) is 24.3 Å². The minimum Gasteiger partial charge on any atom is -0.379 e. The summed E-state index contributed by atoms with van der Waals surface area (Å²) in [6.07, 6.45) is 3.53. The first kappa shape index (κ1) is 18.4. The zero-order valence-corrected chi connectivity index (χ0v) is 15.6. The predicted molar refractivity (Wildman–Crippen MR) is 97.8 cm³/mol. The lowest BCUT2D eigenvalue weighted by molar-refractivity contribution is 0.00686. The number of rotatable bonds is 7. The molecule has 0 bridgehead atoms. The lowest BCUT2D eigenvalue weighted by atomic mass is 9.97. The van der Waals surface area contributed by atoms with Gasteiger partial charge in [-0.2, -0.15) is 0 Å². The number of likely N-dealkylation sites (tertiary alicyclic amines) is 1. The van der Waals surface area contributed by atoms with Gasteiger partial charge in [0.1, 0.15) is 0 Å². The number of piperidine rings is 1. The van der Waals surface area contributed by atoms with Crippen LogP contribution in [0, 0.1) is 6.92 Å². The number of methoxy groups -OCH3 is 1. The van der Waals surface area contributed by atoms with Gasteiger partial charge in [0.25, 0.3) is 0 Å². The van der Waals surface area contributed by atoms with Gasteiger partial charge >= 0.3 is 0 Å². The SMILES string of the molecule is COC(C)(C)C[C@@H](C)NC1CCN(Cc2ccccc2C)CC1. The molecule has 3 heteroatoms. The highest BCUT2D eigenvalue weighted by atomic mass is 16.5. The van der Waals surface area contributed by atoms with Gasteiger partial charge in [-0.05, 0) is 71.2 Å². The second kappa shape index (κ2) is 8.27. The smallest absolute Gasteiger partial charge is 0.0637 e. The molecule has 1 atom stereocenters. The second-order valence-corrected chi connectivity index (χ2v) is 7.71. The van der Waals surface area contributed by atoms with Gasteiger partial charge < -0.3 is 10.1 Å². The van der Waals surface area contributed by atoms with E-state index in [2.05, 4.69) is 62.2 Å². The fraction of sp³-hybridized carbons (Fsp3) is 0.700. The Kier molecular flexibility index (Phi) is 6.63. The summed E-state index contributed by atoms with van der Waals surface area (Å²) in [5.74, 6) is 0. The van der Waals surface area contributed by atoms with Gasteiger partial charge in [-0.1, -0.05) is 24.3 Å². The lowest BCUT2D eigenvalue weighted by Gasteiger charge is -2.35. The third-order valence-corrected chi connectivity index (χ3v) is 5.11. The zero-order chi connectivity index (χ0) is 16.9. The number of hydrogen-bond donors (Lipinski definition) is 1. The Labute approximate surface area is 142 Å². The molecule has 1 saturated heterocycles. The molecule has 0 radical (unpaired) electrons. The molecule has 1 fully saturated rings. The molecule has 0 unspecified atom stereocenters. The summed E-state index contributed by atoms with van der Waals surface area (Å²) in [5, 5.41) is 3.80. The number of benzene rings is 1. The van der Waals surface area contributed by atoms with Crippen LogP contribution in [0.3, 0.4) is 0 Å². The molecule has 1 aliphatic heterocycles. The highest BCUT2D eigenvalue weighted by Crippen LogP contribution is 2.19. The van der Waals surface area contributed by atoms with Crippen LogP contribution in [0.5, 0.6) is 0 Å². The fourth-order valence-electron chi connectivity index (χ4n) is 3.57. The molecule has 1 aliphatic rings. The van der Waals surface area contributed by atoms with Crippen molar-refractivity contribution >= 4 is 0 Å². The van der Waals surface area contributed by atoms with Crippen molar-refractivity contribution in [3.8, 4) is 0 Å². The van der Waals surface area contributed by atoms with E-state index in [9.17, 15) is 0 Å². The Hall–Kier alpha value is -0.900. The van der Waals surface area contributed by atoms with Crippen LogP contribution >= 0.6 is 0 Å². The molecule has 1 aromatic rings. The van der Waals surface area contributed by atoms with Crippen molar-refractivity contribution in [1.29, 1.82) is 0 Å². The highest BCUT2D eigenvalue weighted by molar-refractivity contribution is 5.25. The minimum atomic E-state index is -0.0437. The molecule has 0 amide bonds. The van der Waals surface area contributed by atoms with E-state index in [1.165, 1.54) is 37.1 Å². The van der Waals surface area contributed by atoms with E-state index >= 15 is 0 Å². The van der Waals surface area contributed by atoms with Crippen LogP contribution in [-0.4, -0.2) is 42.8 Å². The summed E-state index contributed by atoms with van der Waals surface area (Å²) in [6, 6.07) is 9.88. The maximum Gasteiger partial charge on any atom is 0.0637 e. The molecule has 130 valence electrons. The molecular weight excluding hydrogens is 284 g/mol. The maximum atomic E-state index is 5.54. The summed E-state index contributed by atoms with van der Waals surface area (Å²) in [5.41, 5.74) is 2.83. The number of aryl methyl sites for hydroxylation is 1. The maximum absolute atomic E-state index is 5.54. The number of nitrogens with one attached hydrogen (secondary N) is 1. The zero-order valence-electron chi connectivity index (χ0n) is 15.6. The van der Waals surface area contributed by atoms with Crippen LogP contribution in [0.2, 0.25) is 0 Å². The predicted octanol–water partition coefficient (Wildman–Crippen LogP) is 3.75. The van der Waals surface area contributed by atoms with Crippen molar-refractivity contribution in [2.24, 2.45) is 0 Å². The Morgan fingerprint density at radius 1 is 1.26 bits per heavy atom.